The first-order valence-electron chi connectivity index (χ1n) is 11.1. The van der Waals surface area contributed by atoms with Crippen molar-refractivity contribution in [3.63, 3.8) is 0 Å². The van der Waals surface area contributed by atoms with Gasteiger partial charge in [0.15, 0.2) is 11.5 Å². The molecule has 2 aromatic carbocycles. The minimum Gasteiger partial charge on any atom is -0.493 e. The van der Waals surface area contributed by atoms with E-state index >= 15 is 0 Å². The van der Waals surface area contributed by atoms with Gasteiger partial charge in [0.2, 0.25) is 5.88 Å². The standard InChI is InChI=1S/C25H21Br2N5O5/c1-4-14(2)24-30-20-7-5-16(26)10-18(20)25(33)31(24)29-12-15-9-21(36-3)22(11-19(15)27)37-23-8-6-17(13-28-23)32(34)35/h5-14H,4H2,1-3H3/t14-/m0/s1. The van der Waals surface area contributed by atoms with E-state index in [0.717, 1.165) is 17.1 Å². The predicted octanol–water partition coefficient (Wildman–Crippen LogP) is 6.42. The second kappa shape index (κ2) is 11.2. The van der Waals surface area contributed by atoms with Gasteiger partial charge in [0.25, 0.3) is 11.2 Å². The maximum absolute atomic E-state index is 13.4. The van der Waals surface area contributed by atoms with Gasteiger partial charge in [0, 0.05) is 32.6 Å². The Morgan fingerprint density at radius 2 is 1.97 bits per heavy atom. The smallest absolute Gasteiger partial charge is 0.287 e. The molecule has 4 aromatic rings. The van der Waals surface area contributed by atoms with E-state index in [1.54, 1.807) is 30.5 Å². The highest BCUT2D eigenvalue weighted by Gasteiger charge is 2.17. The Balaban J connectivity index is 1.73. The fourth-order valence-corrected chi connectivity index (χ4v) is 4.23. The zero-order valence-electron chi connectivity index (χ0n) is 20.0. The van der Waals surface area contributed by atoms with E-state index in [1.165, 1.54) is 23.9 Å². The van der Waals surface area contributed by atoms with Crippen molar-refractivity contribution in [3.8, 4) is 17.4 Å². The normalized spacial score (nSPS) is 12.1. The molecule has 2 heterocycles. The number of hydrogen-bond acceptors (Lipinski definition) is 8. The molecule has 0 aliphatic carbocycles. The summed E-state index contributed by atoms with van der Waals surface area (Å²) in [4.78, 5) is 32.4. The molecule has 190 valence electrons. The van der Waals surface area contributed by atoms with Gasteiger partial charge in [-0.2, -0.15) is 9.78 Å². The molecule has 0 bridgehead atoms. The fraction of sp³-hybridized carbons (Fsp3) is 0.200. The number of nitro groups is 1. The molecule has 0 saturated heterocycles. The summed E-state index contributed by atoms with van der Waals surface area (Å²) in [6.45, 7) is 4.02. The second-order valence-electron chi connectivity index (χ2n) is 8.04. The predicted molar refractivity (Wildman–Crippen MR) is 147 cm³/mol. The van der Waals surface area contributed by atoms with Gasteiger partial charge in [-0.15, -0.1) is 0 Å². The molecule has 0 aliphatic heterocycles. The molecule has 12 heteroatoms. The average Bonchev–Trinajstić information content (AvgIpc) is 2.89. The van der Waals surface area contributed by atoms with Crippen molar-refractivity contribution in [1.29, 1.82) is 0 Å². The Hall–Kier alpha value is -3.64. The number of hydrogen-bond donors (Lipinski definition) is 0. The summed E-state index contributed by atoms with van der Waals surface area (Å²) < 4.78 is 14.0. The second-order valence-corrected chi connectivity index (χ2v) is 9.81. The number of halogens is 2. The molecule has 0 spiro atoms. The van der Waals surface area contributed by atoms with Crippen LogP contribution in [0.3, 0.4) is 0 Å². The third-order valence-electron chi connectivity index (χ3n) is 5.63. The number of rotatable bonds is 8. The molecule has 0 aliphatic rings. The van der Waals surface area contributed by atoms with Gasteiger partial charge >= 0.3 is 0 Å². The highest BCUT2D eigenvalue weighted by Crippen LogP contribution is 2.36. The molecule has 0 unspecified atom stereocenters. The summed E-state index contributed by atoms with van der Waals surface area (Å²) in [5.41, 5.74) is 0.816. The van der Waals surface area contributed by atoms with Gasteiger partial charge in [0.05, 0.1) is 29.2 Å². The van der Waals surface area contributed by atoms with E-state index in [9.17, 15) is 14.9 Å². The summed E-state index contributed by atoms with van der Waals surface area (Å²) >= 11 is 6.92. The Morgan fingerprint density at radius 3 is 2.62 bits per heavy atom. The van der Waals surface area contributed by atoms with Crippen LogP contribution >= 0.6 is 31.9 Å². The van der Waals surface area contributed by atoms with Crippen LogP contribution in [0.15, 0.2) is 67.5 Å². The number of aromatic nitrogens is 3. The summed E-state index contributed by atoms with van der Waals surface area (Å²) in [6.07, 6.45) is 3.43. The van der Waals surface area contributed by atoms with Crippen molar-refractivity contribution in [2.45, 2.75) is 26.2 Å². The molecule has 0 saturated carbocycles. The van der Waals surface area contributed by atoms with E-state index in [-0.39, 0.29) is 23.0 Å². The lowest BCUT2D eigenvalue weighted by molar-refractivity contribution is -0.385. The van der Waals surface area contributed by atoms with Crippen LogP contribution in [0.1, 0.15) is 37.6 Å². The largest absolute Gasteiger partial charge is 0.493 e. The van der Waals surface area contributed by atoms with Gasteiger partial charge in [-0.05, 0) is 52.7 Å². The monoisotopic (exact) mass is 629 g/mol. The van der Waals surface area contributed by atoms with Crippen molar-refractivity contribution in [2.75, 3.05) is 7.11 Å². The van der Waals surface area contributed by atoms with E-state index in [2.05, 4.69) is 41.9 Å². The lowest BCUT2D eigenvalue weighted by Crippen LogP contribution is -2.23. The van der Waals surface area contributed by atoms with Crippen LogP contribution in [0.5, 0.6) is 17.4 Å². The maximum atomic E-state index is 13.4. The lowest BCUT2D eigenvalue weighted by Gasteiger charge is -2.14. The van der Waals surface area contributed by atoms with Crippen molar-refractivity contribution in [2.24, 2.45) is 5.10 Å². The molecule has 10 nitrogen and oxygen atoms in total. The zero-order chi connectivity index (χ0) is 26.7. The first kappa shape index (κ1) is 26.4. The van der Waals surface area contributed by atoms with Gasteiger partial charge in [-0.1, -0.05) is 29.8 Å². The van der Waals surface area contributed by atoms with E-state index in [4.69, 9.17) is 14.5 Å². The zero-order valence-corrected chi connectivity index (χ0v) is 23.2. The third kappa shape index (κ3) is 5.70. The van der Waals surface area contributed by atoms with Crippen LogP contribution in [0, 0.1) is 10.1 Å². The molecule has 1 atom stereocenters. The summed E-state index contributed by atoms with van der Waals surface area (Å²) in [5.74, 6) is 1.43. The highest BCUT2D eigenvalue weighted by atomic mass is 79.9. The van der Waals surface area contributed by atoms with Crippen LogP contribution in [0.2, 0.25) is 0 Å². The molecule has 0 N–H and O–H groups in total. The van der Waals surface area contributed by atoms with Crippen LogP contribution in [-0.2, 0) is 0 Å². The van der Waals surface area contributed by atoms with Crippen LogP contribution in [0.4, 0.5) is 5.69 Å². The molecular formula is C25H21Br2N5O5. The Morgan fingerprint density at radius 1 is 1.19 bits per heavy atom. The van der Waals surface area contributed by atoms with Gasteiger partial charge < -0.3 is 9.47 Å². The first-order chi connectivity index (χ1) is 17.7. The van der Waals surface area contributed by atoms with E-state index in [0.29, 0.717) is 38.3 Å². The van der Waals surface area contributed by atoms with Gasteiger partial charge in [-0.25, -0.2) is 9.97 Å². The Kier molecular flexibility index (Phi) is 7.98. The number of pyridine rings is 1. The summed E-state index contributed by atoms with van der Waals surface area (Å²) in [6, 6.07) is 11.4. The quantitative estimate of drug-likeness (QED) is 0.125. The molecule has 2 aromatic heterocycles. The molecule has 37 heavy (non-hydrogen) atoms. The summed E-state index contributed by atoms with van der Waals surface area (Å²) in [5, 5.41) is 15.8. The van der Waals surface area contributed by atoms with Gasteiger partial charge in [0.1, 0.15) is 12.0 Å². The number of benzene rings is 2. The van der Waals surface area contributed by atoms with E-state index in [1.807, 2.05) is 19.9 Å². The number of ether oxygens (including phenoxy) is 2. The highest BCUT2D eigenvalue weighted by molar-refractivity contribution is 9.10. The number of nitrogens with zero attached hydrogens (tertiary/aromatic N) is 5. The van der Waals surface area contributed by atoms with E-state index < -0.39 is 4.92 Å². The average molecular weight is 631 g/mol. The molecule has 0 fully saturated rings. The maximum Gasteiger partial charge on any atom is 0.287 e. The van der Waals surface area contributed by atoms with Crippen LogP contribution in [-0.4, -0.2) is 32.9 Å². The fourth-order valence-electron chi connectivity index (χ4n) is 3.44. The molecular weight excluding hydrogens is 610 g/mol. The Labute approximate surface area is 228 Å². The topological polar surface area (TPSA) is 122 Å². The molecule has 0 amide bonds. The minimum atomic E-state index is -0.538. The molecule has 4 rings (SSSR count). The number of methoxy groups -OCH3 is 1. The third-order valence-corrected chi connectivity index (χ3v) is 6.81. The van der Waals surface area contributed by atoms with Crippen LogP contribution in [0.25, 0.3) is 10.9 Å². The van der Waals surface area contributed by atoms with Crippen molar-refractivity contribution in [3.05, 3.63) is 89.5 Å². The summed E-state index contributed by atoms with van der Waals surface area (Å²) in [7, 11) is 1.48. The first-order valence-corrected chi connectivity index (χ1v) is 12.7. The molecule has 0 radical (unpaired) electrons. The van der Waals surface area contributed by atoms with Crippen molar-refractivity contribution in [1.82, 2.24) is 14.6 Å². The minimum absolute atomic E-state index is 0.000784. The van der Waals surface area contributed by atoms with Gasteiger partial charge in [-0.3, -0.25) is 14.9 Å². The Bertz CT molecular complexity index is 1570. The SMILES string of the molecule is CC[C@H](C)c1nc2ccc(Br)cc2c(=O)n1N=Cc1cc(OC)c(Oc2ccc([N+](=O)[O-])cn2)cc1Br. The lowest BCUT2D eigenvalue weighted by atomic mass is 10.1. The van der Waals surface area contributed by atoms with Crippen molar-refractivity contribution < 1.29 is 14.4 Å². The van der Waals surface area contributed by atoms with Crippen molar-refractivity contribution >= 4 is 54.7 Å². The number of fused-ring (bicyclic) bond motifs is 1. The van der Waals surface area contributed by atoms with Crippen LogP contribution < -0.4 is 15.0 Å².